The molecule has 0 amide bonds. The lowest BCUT2D eigenvalue weighted by atomic mass is 9.77. The predicted molar refractivity (Wildman–Crippen MR) is 71.6 cm³/mol. The Bertz CT molecular complexity index is 629. The number of carbonyl (C=O) groups excluding carboxylic acids is 2. The third-order valence-electron chi connectivity index (χ3n) is 4.63. The third-order valence-corrected chi connectivity index (χ3v) is 4.63. The van der Waals surface area contributed by atoms with Gasteiger partial charge in [-0.2, -0.15) is 0 Å². The minimum Gasteiger partial charge on any atom is -0.381 e. The fraction of sp³-hybridized carbons (Fsp3) is 0.375. The van der Waals surface area contributed by atoms with Crippen LogP contribution in [0.1, 0.15) is 41.6 Å². The molecule has 3 heteroatoms. The molecule has 0 unspecified atom stereocenters. The quantitative estimate of drug-likeness (QED) is 0.722. The van der Waals surface area contributed by atoms with Crippen LogP contribution in [0.25, 0.3) is 5.70 Å². The predicted octanol–water partition coefficient (Wildman–Crippen LogP) is 2.33. The monoisotopic (exact) mass is 253 g/mol. The molecule has 0 saturated heterocycles. The van der Waals surface area contributed by atoms with Crippen molar-refractivity contribution < 1.29 is 9.59 Å². The summed E-state index contributed by atoms with van der Waals surface area (Å²) in [6.07, 6.45) is 4.49. The third kappa shape index (κ3) is 1.38. The molecular weight excluding hydrogens is 238 g/mol. The van der Waals surface area contributed by atoms with E-state index in [4.69, 9.17) is 0 Å². The fourth-order valence-corrected chi connectivity index (χ4v) is 3.75. The summed E-state index contributed by atoms with van der Waals surface area (Å²) >= 11 is 0. The highest BCUT2D eigenvalue weighted by Gasteiger charge is 2.44. The second kappa shape index (κ2) is 3.80. The zero-order valence-electron chi connectivity index (χ0n) is 10.6. The summed E-state index contributed by atoms with van der Waals surface area (Å²) in [5.74, 6) is -0.369. The van der Waals surface area contributed by atoms with Gasteiger partial charge in [0.05, 0.1) is 5.70 Å². The molecular formula is C16H15NO2. The molecule has 0 bridgehead atoms. The number of hydrogen-bond acceptors (Lipinski definition) is 3. The lowest BCUT2D eigenvalue weighted by Crippen LogP contribution is -2.32. The van der Waals surface area contributed by atoms with Gasteiger partial charge < -0.3 is 5.32 Å². The maximum atomic E-state index is 12.4. The van der Waals surface area contributed by atoms with E-state index < -0.39 is 0 Å². The topological polar surface area (TPSA) is 46.2 Å². The average molecular weight is 253 g/mol. The molecule has 1 fully saturated rings. The van der Waals surface area contributed by atoms with Crippen LogP contribution in [0.4, 0.5) is 0 Å². The van der Waals surface area contributed by atoms with E-state index in [-0.39, 0.29) is 17.5 Å². The first-order valence-corrected chi connectivity index (χ1v) is 6.96. The number of ketones is 2. The van der Waals surface area contributed by atoms with Crippen LogP contribution in [-0.2, 0) is 4.79 Å². The summed E-state index contributed by atoms with van der Waals surface area (Å²) in [5, 5.41) is 3.51. The second-order valence-corrected chi connectivity index (χ2v) is 5.63. The molecule has 4 rings (SSSR count). The van der Waals surface area contributed by atoms with Gasteiger partial charge >= 0.3 is 0 Å². The van der Waals surface area contributed by atoms with E-state index in [2.05, 4.69) is 5.32 Å². The van der Waals surface area contributed by atoms with E-state index in [1.807, 2.05) is 18.2 Å². The van der Waals surface area contributed by atoms with Crippen LogP contribution < -0.4 is 5.32 Å². The Morgan fingerprint density at radius 2 is 1.68 bits per heavy atom. The van der Waals surface area contributed by atoms with E-state index in [1.54, 1.807) is 6.07 Å². The van der Waals surface area contributed by atoms with Gasteiger partial charge in [0.1, 0.15) is 0 Å². The maximum absolute atomic E-state index is 12.4. The number of hydrogen-bond donors (Lipinski definition) is 1. The first-order valence-electron chi connectivity index (χ1n) is 6.96. The van der Waals surface area contributed by atoms with Crippen molar-refractivity contribution >= 4 is 17.3 Å². The van der Waals surface area contributed by atoms with Crippen molar-refractivity contribution in [2.24, 2.45) is 5.92 Å². The van der Waals surface area contributed by atoms with Crippen LogP contribution in [0.2, 0.25) is 0 Å². The standard InChI is InChI=1S/C16H15NO2/c18-15-10-6-2-1-5-9(10)14-13(16(15)19)11-7-3-4-8-12(11)17-14/h1-2,5-6,11-12,17H,3-4,7-8H2/t11-,12-/m0/s1. The van der Waals surface area contributed by atoms with Crippen LogP contribution in [-0.4, -0.2) is 17.6 Å². The summed E-state index contributed by atoms with van der Waals surface area (Å²) in [6, 6.07) is 7.79. The molecule has 0 radical (unpaired) electrons. The zero-order chi connectivity index (χ0) is 13.0. The molecule has 19 heavy (non-hydrogen) atoms. The van der Waals surface area contributed by atoms with E-state index in [0.29, 0.717) is 11.6 Å². The molecule has 1 aromatic rings. The Labute approximate surface area is 111 Å². The molecule has 96 valence electrons. The number of rotatable bonds is 0. The van der Waals surface area contributed by atoms with Gasteiger partial charge in [-0.05, 0) is 12.8 Å². The van der Waals surface area contributed by atoms with Gasteiger partial charge in [-0.25, -0.2) is 0 Å². The highest BCUT2D eigenvalue weighted by molar-refractivity contribution is 6.52. The van der Waals surface area contributed by atoms with Crippen LogP contribution in [0.3, 0.4) is 0 Å². The first-order chi connectivity index (χ1) is 9.27. The number of Topliss-reactive ketones (excluding diaryl/α,β-unsaturated/α-hetero) is 2. The molecule has 1 N–H and O–H groups in total. The normalized spacial score (nSPS) is 28.6. The lowest BCUT2D eigenvalue weighted by Gasteiger charge is -2.26. The van der Waals surface area contributed by atoms with Crippen molar-refractivity contribution in [3.8, 4) is 0 Å². The highest BCUT2D eigenvalue weighted by Crippen LogP contribution is 2.43. The number of fused-ring (bicyclic) bond motifs is 4. The van der Waals surface area contributed by atoms with Crippen molar-refractivity contribution in [3.05, 3.63) is 41.0 Å². The lowest BCUT2D eigenvalue weighted by molar-refractivity contribution is -0.112. The zero-order valence-corrected chi connectivity index (χ0v) is 10.6. The summed E-state index contributed by atoms with van der Waals surface area (Å²) in [5.41, 5.74) is 3.15. The van der Waals surface area contributed by atoms with Gasteiger partial charge in [0.15, 0.2) is 0 Å². The van der Waals surface area contributed by atoms with Gasteiger partial charge in [-0.3, -0.25) is 9.59 Å². The molecule has 1 aliphatic heterocycles. The molecule has 3 aliphatic rings. The fourth-order valence-electron chi connectivity index (χ4n) is 3.75. The SMILES string of the molecule is O=C1C(=O)c2ccccc2C2=C1[C@H]1CCCC[C@@H]1N2. The van der Waals surface area contributed by atoms with Gasteiger partial charge in [0.2, 0.25) is 11.6 Å². The van der Waals surface area contributed by atoms with Crippen LogP contribution >= 0.6 is 0 Å². The van der Waals surface area contributed by atoms with Crippen molar-refractivity contribution in [2.75, 3.05) is 0 Å². The number of benzene rings is 1. The average Bonchev–Trinajstić information content (AvgIpc) is 2.84. The van der Waals surface area contributed by atoms with Gasteiger partial charge in [0.25, 0.3) is 0 Å². The molecule has 2 aliphatic carbocycles. The smallest absolute Gasteiger partial charge is 0.233 e. The van der Waals surface area contributed by atoms with E-state index >= 15 is 0 Å². The second-order valence-electron chi connectivity index (χ2n) is 5.63. The van der Waals surface area contributed by atoms with E-state index in [0.717, 1.165) is 36.1 Å². The Kier molecular flexibility index (Phi) is 2.19. The molecule has 1 saturated carbocycles. The number of carbonyl (C=O) groups is 2. The largest absolute Gasteiger partial charge is 0.381 e. The van der Waals surface area contributed by atoms with Crippen LogP contribution in [0.5, 0.6) is 0 Å². The van der Waals surface area contributed by atoms with Crippen LogP contribution in [0, 0.1) is 5.92 Å². The van der Waals surface area contributed by atoms with Crippen molar-refractivity contribution in [3.63, 3.8) is 0 Å². The van der Waals surface area contributed by atoms with Gasteiger partial charge in [-0.15, -0.1) is 0 Å². The maximum Gasteiger partial charge on any atom is 0.233 e. The summed E-state index contributed by atoms with van der Waals surface area (Å²) in [7, 11) is 0. The Hall–Kier alpha value is -1.90. The molecule has 0 spiro atoms. The van der Waals surface area contributed by atoms with Gasteiger partial charge in [0, 0.05) is 28.7 Å². The summed E-state index contributed by atoms with van der Waals surface area (Å²) < 4.78 is 0. The molecule has 0 aromatic heterocycles. The van der Waals surface area contributed by atoms with Crippen molar-refractivity contribution in [1.29, 1.82) is 0 Å². The van der Waals surface area contributed by atoms with E-state index in [1.165, 1.54) is 6.42 Å². The molecule has 1 aromatic carbocycles. The first kappa shape index (κ1) is 11.0. The minimum atomic E-state index is -0.331. The van der Waals surface area contributed by atoms with Crippen molar-refractivity contribution in [2.45, 2.75) is 31.7 Å². The Balaban J connectivity index is 1.91. The van der Waals surface area contributed by atoms with E-state index in [9.17, 15) is 9.59 Å². The Morgan fingerprint density at radius 1 is 0.947 bits per heavy atom. The highest BCUT2D eigenvalue weighted by atomic mass is 16.2. The molecule has 1 heterocycles. The van der Waals surface area contributed by atoms with Crippen molar-refractivity contribution in [1.82, 2.24) is 5.32 Å². The molecule has 2 atom stereocenters. The van der Waals surface area contributed by atoms with Gasteiger partial charge in [-0.1, -0.05) is 37.1 Å². The molecule has 3 nitrogen and oxygen atoms in total. The van der Waals surface area contributed by atoms with Crippen LogP contribution in [0.15, 0.2) is 29.8 Å². The summed E-state index contributed by atoms with van der Waals surface area (Å²) in [4.78, 5) is 24.6. The number of nitrogens with one attached hydrogen (secondary N) is 1. The minimum absolute atomic E-state index is 0.244. The summed E-state index contributed by atoms with van der Waals surface area (Å²) in [6.45, 7) is 0. The Morgan fingerprint density at radius 3 is 2.53 bits per heavy atom.